The van der Waals surface area contributed by atoms with Gasteiger partial charge < -0.3 is 25.7 Å². The molecule has 0 unspecified atom stereocenters. The number of H-pyrrole nitrogens is 1. The number of methoxy groups -OCH3 is 1. The van der Waals surface area contributed by atoms with E-state index in [1.165, 1.54) is 0 Å². The highest BCUT2D eigenvalue weighted by atomic mass is 16.5. The Morgan fingerprint density at radius 2 is 1.89 bits per heavy atom. The normalized spacial score (nSPS) is 12.7. The predicted octanol–water partition coefficient (Wildman–Crippen LogP) is 4.68. The third-order valence-electron chi connectivity index (χ3n) is 5.96. The summed E-state index contributed by atoms with van der Waals surface area (Å²) in [6, 6.07) is 18.6. The summed E-state index contributed by atoms with van der Waals surface area (Å²) in [5.41, 5.74) is 5.96. The van der Waals surface area contributed by atoms with Gasteiger partial charge in [-0.05, 0) is 55.0 Å². The van der Waals surface area contributed by atoms with Gasteiger partial charge in [-0.1, -0.05) is 18.2 Å². The van der Waals surface area contributed by atoms with Crippen LogP contribution in [-0.4, -0.2) is 35.3 Å². The molecule has 0 fully saturated rings. The number of Topliss-reactive ketones (excluding diaryl/α,β-unsaturated/α-hetero) is 1. The number of aromatic amines is 1. The fourth-order valence-electron chi connectivity index (χ4n) is 4.24. The number of fused-ring (bicyclic) bond motifs is 1. The molecule has 2 aromatic heterocycles. The number of amides is 1. The smallest absolute Gasteiger partial charge is 0.257 e. The lowest BCUT2D eigenvalue weighted by molar-refractivity contribution is 0.0981. The first-order valence-corrected chi connectivity index (χ1v) is 11.3. The number of pyridine rings is 1. The van der Waals surface area contributed by atoms with Crippen LogP contribution in [0.5, 0.6) is 5.75 Å². The zero-order valence-electron chi connectivity index (χ0n) is 19.4. The number of carbonyl (C=O) groups is 2. The van der Waals surface area contributed by atoms with Gasteiger partial charge in [-0.15, -0.1) is 0 Å². The number of benzene rings is 2. The van der Waals surface area contributed by atoms with Gasteiger partial charge in [0, 0.05) is 35.2 Å². The van der Waals surface area contributed by atoms with E-state index in [0.29, 0.717) is 34.9 Å². The van der Waals surface area contributed by atoms with E-state index < -0.39 is 0 Å². The van der Waals surface area contributed by atoms with Crippen molar-refractivity contribution in [1.82, 2.24) is 15.3 Å². The SMILES string of the molecule is COc1ccc(C(=O)Nc2cc(-c3[nH]c4c(c3Nc3ccccc3)C(=O)CNC4)ccn2)c(C)c1. The molecule has 8 heteroatoms. The monoisotopic (exact) mass is 467 g/mol. The fraction of sp³-hybridized carbons (Fsp3) is 0.148. The quantitative estimate of drug-likeness (QED) is 0.328. The maximum Gasteiger partial charge on any atom is 0.257 e. The summed E-state index contributed by atoms with van der Waals surface area (Å²) in [5, 5.41) is 9.43. The number of hydrogen-bond donors (Lipinski definition) is 4. The van der Waals surface area contributed by atoms with Crippen LogP contribution < -0.4 is 20.7 Å². The second-order valence-electron chi connectivity index (χ2n) is 8.31. The molecule has 0 bridgehead atoms. The van der Waals surface area contributed by atoms with Crippen LogP contribution in [0.2, 0.25) is 0 Å². The second-order valence-corrected chi connectivity index (χ2v) is 8.31. The van der Waals surface area contributed by atoms with Crippen molar-refractivity contribution in [3.8, 4) is 17.0 Å². The van der Waals surface area contributed by atoms with Crippen molar-refractivity contribution in [3.63, 3.8) is 0 Å². The summed E-state index contributed by atoms with van der Waals surface area (Å²) < 4.78 is 5.23. The molecular weight excluding hydrogens is 442 g/mol. The van der Waals surface area contributed by atoms with Crippen molar-refractivity contribution in [2.45, 2.75) is 13.5 Å². The van der Waals surface area contributed by atoms with E-state index in [2.05, 4.69) is 25.9 Å². The molecule has 1 aliphatic rings. The number of aryl methyl sites for hydroxylation is 1. The van der Waals surface area contributed by atoms with E-state index in [0.717, 1.165) is 28.2 Å². The van der Waals surface area contributed by atoms with Crippen LogP contribution in [0.3, 0.4) is 0 Å². The molecule has 1 amide bonds. The summed E-state index contributed by atoms with van der Waals surface area (Å²) in [5.74, 6) is 0.857. The standard InChI is InChI=1S/C27H25N5O3/c1-16-12-19(35-2)8-9-20(16)27(34)32-23-13-17(10-11-29-23)25-26(30-18-6-4-3-5-7-18)24-21(31-25)14-28-15-22(24)33/h3-13,28,30-31H,14-15H2,1-2H3,(H,29,32,34). The van der Waals surface area contributed by atoms with Gasteiger partial charge in [0.05, 0.1) is 30.6 Å². The number of ketones is 1. The van der Waals surface area contributed by atoms with Gasteiger partial charge in [0.25, 0.3) is 5.91 Å². The summed E-state index contributed by atoms with van der Waals surface area (Å²) in [6.45, 7) is 2.71. The Balaban J connectivity index is 1.49. The van der Waals surface area contributed by atoms with Crippen LogP contribution in [0.4, 0.5) is 17.2 Å². The van der Waals surface area contributed by atoms with Crippen molar-refractivity contribution in [1.29, 1.82) is 0 Å². The van der Waals surface area contributed by atoms with Crippen molar-refractivity contribution in [2.24, 2.45) is 0 Å². The van der Waals surface area contributed by atoms with Crippen LogP contribution in [-0.2, 0) is 6.54 Å². The van der Waals surface area contributed by atoms with E-state index in [-0.39, 0.29) is 18.2 Å². The first kappa shape index (κ1) is 22.4. The molecule has 0 spiro atoms. The lowest BCUT2D eigenvalue weighted by atomic mass is 10.0. The molecular formula is C27H25N5O3. The minimum absolute atomic E-state index is 0.0183. The molecule has 0 saturated heterocycles. The number of ether oxygens (including phenoxy) is 1. The molecule has 4 N–H and O–H groups in total. The second kappa shape index (κ2) is 9.44. The zero-order chi connectivity index (χ0) is 24.4. The van der Waals surface area contributed by atoms with Gasteiger partial charge in [-0.2, -0.15) is 0 Å². The Labute approximate surface area is 202 Å². The third kappa shape index (κ3) is 4.51. The molecule has 1 aliphatic heterocycles. The molecule has 4 aromatic rings. The zero-order valence-corrected chi connectivity index (χ0v) is 19.4. The number of aromatic nitrogens is 2. The van der Waals surface area contributed by atoms with Gasteiger partial charge in [0.1, 0.15) is 11.6 Å². The summed E-state index contributed by atoms with van der Waals surface area (Å²) in [6.07, 6.45) is 1.64. The first-order chi connectivity index (χ1) is 17.0. The summed E-state index contributed by atoms with van der Waals surface area (Å²) >= 11 is 0. The van der Waals surface area contributed by atoms with E-state index >= 15 is 0 Å². The number of rotatable bonds is 6. The number of nitrogens with one attached hydrogen (secondary N) is 4. The van der Waals surface area contributed by atoms with Gasteiger partial charge in [0.15, 0.2) is 5.78 Å². The number of nitrogens with zero attached hydrogens (tertiary/aromatic N) is 1. The van der Waals surface area contributed by atoms with E-state index in [9.17, 15) is 9.59 Å². The highest BCUT2D eigenvalue weighted by Crippen LogP contribution is 2.37. The van der Waals surface area contributed by atoms with E-state index in [4.69, 9.17) is 4.74 Å². The fourth-order valence-corrected chi connectivity index (χ4v) is 4.24. The number of hydrogen-bond acceptors (Lipinski definition) is 6. The molecule has 0 saturated carbocycles. The molecule has 35 heavy (non-hydrogen) atoms. The van der Waals surface area contributed by atoms with Crippen molar-refractivity contribution >= 4 is 28.9 Å². The number of para-hydroxylation sites is 1. The minimum atomic E-state index is -0.261. The Morgan fingerprint density at radius 1 is 1.06 bits per heavy atom. The Bertz CT molecular complexity index is 1410. The van der Waals surface area contributed by atoms with Crippen molar-refractivity contribution in [2.75, 3.05) is 24.3 Å². The maximum absolute atomic E-state index is 12.9. The Morgan fingerprint density at radius 3 is 2.66 bits per heavy atom. The van der Waals surface area contributed by atoms with Gasteiger partial charge >= 0.3 is 0 Å². The molecule has 0 aliphatic carbocycles. The largest absolute Gasteiger partial charge is 0.497 e. The predicted molar refractivity (Wildman–Crippen MR) is 135 cm³/mol. The maximum atomic E-state index is 12.9. The first-order valence-electron chi connectivity index (χ1n) is 11.3. The lowest BCUT2D eigenvalue weighted by Crippen LogP contribution is -2.29. The van der Waals surface area contributed by atoms with Crippen LogP contribution in [0.15, 0.2) is 66.9 Å². The van der Waals surface area contributed by atoms with E-state index in [1.54, 1.807) is 31.5 Å². The van der Waals surface area contributed by atoms with Crippen LogP contribution >= 0.6 is 0 Å². The minimum Gasteiger partial charge on any atom is -0.497 e. The summed E-state index contributed by atoms with van der Waals surface area (Å²) in [7, 11) is 1.59. The summed E-state index contributed by atoms with van der Waals surface area (Å²) in [4.78, 5) is 33.5. The molecule has 0 radical (unpaired) electrons. The van der Waals surface area contributed by atoms with Crippen LogP contribution in [0.25, 0.3) is 11.3 Å². The Kier molecular flexibility index (Phi) is 6.03. The van der Waals surface area contributed by atoms with Crippen molar-refractivity contribution in [3.05, 3.63) is 89.2 Å². The van der Waals surface area contributed by atoms with Crippen LogP contribution in [0, 0.1) is 6.92 Å². The van der Waals surface area contributed by atoms with Gasteiger partial charge in [0.2, 0.25) is 0 Å². The van der Waals surface area contributed by atoms with Crippen LogP contribution in [0.1, 0.15) is 32.0 Å². The third-order valence-corrected chi connectivity index (χ3v) is 5.96. The molecule has 8 nitrogen and oxygen atoms in total. The number of anilines is 3. The topological polar surface area (TPSA) is 108 Å². The molecule has 0 atom stereocenters. The highest BCUT2D eigenvalue weighted by molar-refractivity contribution is 6.09. The highest BCUT2D eigenvalue weighted by Gasteiger charge is 2.27. The van der Waals surface area contributed by atoms with E-state index in [1.807, 2.05) is 49.4 Å². The Hall–Kier alpha value is -4.43. The molecule has 2 aromatic carbocycles. The molecule has 5 rings (SSSR count). The van der Waals surface area contributed by atoms with Gasteiger partial charge in [-0.25, -0.2) is 4.98 Å². The van der Waals surface area contributed by atoms with Gasteiger partial charge in [-0.3, -0.25) is 9.59 Å². The average Bonchev–Trinajstić information content (AvgIpc) is 3.24. The van der Waals surface area contributed by atoms with Crippen molar-refractivity contribution < 1.29 is 14.3 Å². The lowest BCUT2D eigenvalue weighted by Gasteiger charge is -2.14. The average molecular weight is 468 g/mol. The number of carbonyl (C=O) groups excluding carboxylic acids is 2. The molecule has 176 valence electrons. The molecule has 3 heterocycles.